The summed E-state index contributed by atoms with van der Waals surface area (Å²) in [5, 5.41) is 4.67. The highest BCUT2D eigenvalue weighted by atomic mass is 19.1. The van der Waals surface area contributed by atoms with Crippen molar-refractivity contribution in [2.45, 2.75) is 44.3 Å². The van der Waals surface area contributed by atoms with E-state index in [1.165, 1.54) is 23.1 Å². The molecule has 1 aliphatic carbocycles. The van der Waals surface area contributed by atoms with Crippen LogP contribution in [-0.4, -0.2) is 58.8 Å². The van der Waals surface area contributed by atoms with E-state index in [0.717, 1.165) is 48.5 Å². The van der Waals surface area contributed by atoms with Crippen molar-refractivity contribution < 1.29 is 8.81 Å². The molecule has 0 spiro atoms. The normalized spacial score (nSPS) is 20.9. The number of nitrogens with zero attached hydrogens (tertiary/aromatic N) is 5. The molecule has 1 N–H and O–H groups in total. The predicted octanol–water partition coefficient (Wildman–Crippen LogP) is 4.82. The highest BCUT2D eigenvalue weighted by molar-refractivity contribution is 5.85. The maximum Gasteiger partial charge on any atom is 0.298 e. The van der Waals surface area contributed by atoms with Gasteiger partial charge in [-0.05, 0) is 76.0 Å². The first kappa shape index (κ1) is 21.4. The van der Waals surface area contributed by atoms with Crippen molar-refractivity contribution in [3.8, 4) is 0 Å². The third kappa shape index (κ3) is 3.70. The second-order valence-electron chi connectivity index (χ2n) is 9.90. The smallest absolute Gasteiger partial charge is 0.298 e. The maximum atomic E-state index is 13.8. The molecule has 34 heavy (non-hydrogen) atoms. The molecule has 0 amide bonds. The van der Waals surface area contributed by atoms with E-state index in [0.29, 0.717) is 30.6 Å². The van der Waals surface area contributed by atoms with Crippen LogP contribution in [0.25, 0.3) is 22.1 Å². The summed E-state index contributed by atoms with van der Waals surface area (Å²) in [5.74, 6) is 0.796. The Morgan fingerprint density at radius 3 is 2.85 bits per heavy atom. The third-order valence-corrected chi connectivity index (χ3v) is 7.44. The van der Waals surface area contributed by atoms with Crippen molar-refractivity contribution in [3.05, 3.63) is 41.6 Å². The van der Waals surface area contributed by atoms with Crippen molar-refractivity contribution in [3.63, 3.8) is 0 Å². The van der Waals surface area contributed by atoms with Crippen molar-refractivity contribution in [2.75, 3.05) is 37.4 Å². The predicted molar refractivity (Wildman–Crippen MR) is 134 cm³/mol. The molecular formula is C26H31FN6O. The van der Waals surface area contributed by atoms with E-state index in [1.54, 1.807) is 0 Å². The number of aryl methyl sites for hydroxylation is 1. The fourth-order valence-electron chi connectivity index (χ4n) is 5.50. The van der Waals surface area contributed by atoms with Crippen LogP contribution in [0.3, 0.4) is 0 Å². The number of hydrogen-bond donors (Lipinski definition) is 1. The van der Waals surface area contributed by atoms with Crippen LogP contribution in [0.5, 0.6) is 0 Å². The van der Waals surface area contributed by atoms with Crippen LogP contribution < -0.4 is 10.2 Å². The standard InChI is InChI=1S/C26H31FN6O/c1-31(2)18-7-10-22-20(14-18)19-8-11-24(30-25(19)32(22)3)28-17-6-9-21-23(13-17)34-26(29-21)33-12-4-5-16(27)15-33/h6,8-9,11,13,16,18H,4-5,7,10,12,14-15H2,1-3H3,(H,28,30)/t16-,18-/m1/s1. The fourth-order valence-corrected chi connectivity index (χ4v) is 5.50. The minimum atomic E-state index is -0.820. The Labute approximate surface area is 198 Å². The zero-order valence-electron chi connectivity index (χ0n) is 20.0. The number of piperidine rings is 1. The number of alkyl halides is 1. The highest BCUT2D eigenvalue weighted by Crippen LogP contribution is 2.33. The van der Waals surface area contributed by atoms with Crippen molar-refractivity contribution >= 4 is 39.7 Å². The Morgan fingerprint density at radius 1 is 1.15 bits per heavy atom. The number of anilines is 3. The van der Waals surface area contributed by atoms with E-state index in [2.05, 4.69) is 47.0 Å². The Hall–Kier alpha value is -3.13. The van der Waals surface area contributed by atoms with Gasteiger partial charge in [0, 0.05) is 42.5 Å². The van der Waals surface area contributed by atoms with Gasteiger partial charge >= 0.3 is 0 Å². The van der Waals surface area contributed by atoms with Gasteiger partial charge < -0.3 is 24.1 Å². The van der Waals surface area contributed by atoms with Crippen LogP contribution in [0.4, 0.5) is 21.9 Å². The zero-order chi connectivity index (χ0) is 23.4. The van der Waals surface area contributed by atoms with Crippen LogP contribution in [0.1, 0.15) is 30.5 Å². The van der Waals surface area contributed by atoms with Crippen LogP contribution in [0, 0.1) is 0 Å². The first-order valence-electron chi connectivity index (χ1n) is 12.2. The summed E-state index contributed by atoms with van der Waals surface area (Å²) in [7, 11) is 6.46. The number of oxazole rings is 1. The van der Waals surface area contributed by atoms with Gasteiger partial charge in [-0.1, -0.05) is 0 Å². The molecule has 0 radical (unpaired) electrons. The lowest BCUT2D eigenvalue weighted by Gasteiger charge is -2.28. The molecule has 1 saturated heterocycles. The Bertz CT molecular complexity index is 1360. The van der Waals surface area contributed by atoms with Gasteiger partial charge in [0.05, 0.1) is 6.54 Å². The van der Waals surface area contributed by atoms with E-state index in [4.69, 9.17) is 9.40 Å². The van der Waals surface area contributed by atoms with Gasteiger partial charge in [0.2, 0.25) is 0 Å². The van der Waals surface area contributed by atoms with Crippen LogP contribution in [0.2, 0.25) is 0 Å². The summed E-state index contributed by atoms with van der Waals surface area (Å²) in [6, 6.07) is 11.2. The summed E-state index contributed by atoms with van der Waals surface area (Å²) in [4.78, 5) is 13.8. The average Bonchev–Trinajstić information content (AvgIpc) is 3.38. The number of nitrogens with one attached hydrogen (secondary N) is 1. The molecule has 3 aromatic heterocycles. The topological polar surface area (TPSA) is 62.4 Å². The van der Waals surface area contributed by atoms with E-state index in [1.807, 2.05) is 29.2 Å². The second-order valence-corrected chi connectivity index (χ2v) is 9.90. The molecule has 178 valence electrons. The number of fused-ring (bicyclic) bond motifs is 4. The van der Waals surface area contributed by atoms with Gasteiger partial charge in [-0.2, -0.15) is 4.98 Å². The molecule has 0 bridgehead atoms. The molecule has 1 aliphatic heterocycles. The number of rotatable bonds is 4. The number of likely N-dealkylation sites (N-methyl/N-ethyl adjacent to an activating group) is 1. The lowest BCUT2D eigenvalue weighted by molar-refractivity contribution is 0.267. The van der Waals surface area contributed by atoms with Gasteiger partial charge in [0.1, 0.15) is 23.2 Å². The van der Waals surface area contributed by atoms with E-state index < -0.39 is 6.17 Å². The highest BCUT2D eigenvalue weighted by Gasteiger charge is 2.26. The zero-order valence-corrected chi connectivity index (χ0v) is 20.0. The van der Waals surface area contributed by atoms with Crippen molar-refractivity contribution in [2.24, 2.45) is 7.05 Å². The molecule has 4 heterocycles. The van der Waals surface area contributed by atoms with Gasteiger partial charge in [-0.15, -0.1) is 0 Å². The molecule has 1 aromatic carbocycles. The largest absolute Gasteiger partial charge is 0.423 e. The second kappa shape index (κ2) is 8.27. The minimum absolute atomic E-state index is 0.345. The lowest BCUT2D eigenvalue weighted by Crippen LogP contribution is -2.36. The monoisotopic (exact) mass is 462 g/mol. The van der Waals surface area contributed by atoms with Crippen LogP contribution >= 0.6 is 0 Å². The fraction of sp³-hybridized carbons (Fsp3) is 0.462. The third-order valence-electron chi connectivity index (χ3n) is 7.44. The summed E-state index contributed by atoms with van der Waals surface area (Å²) < 4.78 is 22.1. The van der Waals surface area contributed by atoms with Crippen molar-refractivity contribution in [1.82, 2.24) is 19.4 Å². The quantitative estimate of drug-likeness (QED) is 0.469. The number of aromatic nitrogens is 3. The summed E-state index contributed by atoms with van der Waals surface area (Å²) >= 11 is 0. The maximum absolute atomic E-state index is 13.8. The molecule has 7 nitrogen and oxygen atoms in total. The average molecular weight is 463 g/mol. The Balaban J connectivity index is 1.27. The van der Waals surface area contributed by atoms with Gasteiger partial charge in [0.25, 0.3) is 6.01 Å². The van der Waals surface area contributed by atoms with Gasteiger partial charge in [-0.25, -0.2) is 9.37 Å². The molecule has 8 heteroatoms. The summed E-state index contributed by atoms with van der Waals surface area (Å²) in [6.07, 6.45) is 3.94. The SMILES string of the molecule is CN(C)[C@@H]1CCc2c(c3ccc(Nc4ccc5nc(N6CCC[C@@H](F)C6)oc5c4)nc3n2C)C1. The number of hydrogen-bond acceptors (Lipinski definition) is 6. The number of halogens is 1. The first-order chi connectivity index (χ1) is 16.5. The molecule has 1 fully saturated rings. The molecule has 0 saturated carbocycles. The van der Waals surface area contributed by atoms with E-state index >= 15 is 0 Å². The summed E-state index contributed by atoms with van der Waals surface area (Å²) in [6.45, 7) is 1.12. The molecular weight excluding hydrogens is 431 g/mol. The minimum Gasteiger partial charge on any atom is -0.423 e. The van der Waals surface area contributed by atoms with E-state index in [-0.39, 0.29) is 0 Å². The molecule has 6 rings (SSSR count). The van der Waals surface area contributed by atoms with Crippen LogP contribution in [-0.2, 0) is 19.9 Å². The number of pyridine rings is 1. The Kier molecular flexibility index (Phi) is 5.21. The van der Waals surface area contributed by atoms with E-state index in [9.17, 15) is 4.39 Å². The molecule has 0 unspecified atom stereocenters. The summed E-state index contributed by atoms with van der Waals surface area (Å²) in [5.41, 5.74) is 6.20. The molecule has 4 aromatic rings. The van der Waals surface area contributed by atoms with Gasteiger partial charge in [0.15, 0.2) is 5.58 Å². The lowest BCUT2D eigenvalue weighted by atomic mass is 9.91. The first-order valence-corrected chi connectivity index (χ1v) is 12.2. The number of benzene rings is 1. The van der Waals surface area contributed by atoms with Gasteiger partial charge in [-0.3, -0.25) is 0 Å². The van der Waals surface area contributed by atoms with Crippen molar-refractivity contribution in [1.29, 1.82) is 0 Å². The Morgan fingerprint density at radius 2 is 2.03 bits per heavy atom. The molecule has 2 aliphatic rings. The van der Waals surface area contributed by atoms with Crippen LogP contribution in [0.15, 0.2) is 34.7 Å². The molecule has 2 atom stereocenters.